The van der Waals surface area contributed by atoms with Gasteiger partial charge in [-0.1, -0.05) is 18.2 Å². The molecule has 0 bridgehead atoms. The van der Waals surface area contributed by atoms with Crippen molar-refractivity contribution in [3.63, 3.8) is 0 Å². The Morgan fingerprint density at radius 2 is 1.94 bits per heavy atom. The van der Waals surface area contributed by atoms with Gasteiger partial charge in [0.15, 0.2) is 11.6 Å². The van der Waals surface area contributed by atoms with Gasteiger partial charge in [-0.2, -0.15) is 5.26 Å². The van der Waals surface area contributed by atoms with E-state index in [9.17, 15) is 10.1 Å². The molecular formula is C23H16N6O2. The predicted molar refractivity (Wildman–Crippen MR) is 115 cm³/mol. The van der Waals surface area contributed by atoms with E-state index >= 15 is 0 Å². The lowest BCUT2D eigenvalue weighted by atomic mass is 10.1. The molecule has 5 rings (SSSR count). The highest BCUT2D eigenvalue weighted by molar-refractivity contribution is 5.81. The lowest BCUT2D eigenvalue weighted by molar-refractivity contribution is 0.411. The number of hydrogen-bond donors (Lipinski definition) is 0. The fourth-order valence-electron chi connectivity index (χ4n) is 3.52. The van der Waals surface area contributed by atoms with E-state index < -0.39 is 0 Å². The van der Waals surface area contributed by atoms with Crippen LogP contribution in [0, 0.1) is 11.3 Å². The molecule has 0 atom stereocenters. The second-order valence-electron chi connectivity index (χ2n) is 6.98. The van der Waals surface area contributed by atoms with Gasteiger partial charge in [-0.3, -0.25) is 13.8 Å². The van der Waals surface area contributed by atoms with Gasteiger partial charge >= 0.3 is 0 Å². The first-order valence-corrected chi connectivity index (χ1v) is 9.53. The Balaban J connectivity index is 1.58. The minimum Gasteiger partial charge on any atom is -0.494 e. The summed E-state index contributed by atoms with van der Waals surface area (Å²) in [6.45, 7) is 0.335. The van der Waals surface area contributed by atoms with Crippen molar-refractivity contribution < 1.29 is 4.74 Å². The van der Waals surface area contributed by atoms with E-state index in [0.717, 1.165) is 22.2 Å². The molecule has 0 N–H and O–H groups in total. The average molecular weight is 408 g/mol. The number of rotatable bonds is 4. The van der Waals surface area contributed by atoms with Gasteiger partial charge in [0.1, 0.15) is 0 Å². The Labute approximate surface area is 176 Å². The third kappa shape index (κ3) is 3.28. The van der Waals surface area contributed by atoms with E-state index in [2.05, 4.69) is 21.0 Å². The van der Waals surface area contributed by atoms with Crippen molar-refractivity contribution in [2.45, 2.75) is 6.54 Å². The fourth-order valence-corrected chi connectivity index (χ4v) is 3.52. The molecule has 0 saturated heterocycles. The molecule has 8 heteroatoms. The number of imidazole rings is 1. The number of ether oxygens (including phenoxy) is 1. The molecule has 150 valence electrons. The molecule has 31 heavy (non-hydrogen) atoms. The van der Waals surface area contributed by atoms with Gasteiger partial charge in [-0.15, -0.1) is 0 Å². The molecule has 0 spiro atoms. The summed E-state index contributed by atoms with van der Waals surface area (Å²) in [5.74, 6) is 1.68. The summed E-state index contributed by atoms with van der Waals surface area (Å²) >= 11 is 0. The second kappa shape index (κ2) is 7.39. The van der Waals surface area contributed by atoms with Gasteiger partial charge in [-0.25, -0.2) is 15.0 Å². The van der Waals surface area contributed by atoms with Crippen molar-refractivity contribution in [1.82, 2.24) is 23.9 Å². The number of methoxy groups -OCH3 is 1. The first kappa shape index (κ1) is 18.5. The predicted octanol–water partition coefficient (Wildman–Crippen LogP) is 3.03. The molecule has 0 unspecified atom stereocenters. The summed E-state index contributed by atoms with van der Waals surface area (Å²) in [4.78, 5) is 26.0. The molecule has 0 aliphatic heterocycles. The monoisotopic (exact) mass is 408 g/mol. The van der Waals surface area contributed by atoms with E-state index in [4.69, 9.17) is 4.74 Å². The molecule has 8 nitrogen and oxygen atoms in total. The molecule has 0 radical (unpaired) electrons. The second-order valence-corrected chi connectivity index (χ2v) is 6.98. The van der Waals surface area contributed by atoms with Crippen molar-refractivity contribution in [3.8, 4) is 23.2 Å². The summed E-state index contributed by atoms with van der Waals surface area (Å²) in [7, 11) is 1.57. The molecule has 3 heterocycles. The quantitative estimate of drug-likeness (QED) is 0.453. The lowest BCUT2D eigenvalue weighted by Gasteiger charge is -2.09. The van der Waals surface area contributed by atoms with Crippen LogP contribution in [0.4, 0.5) is 0 Å². The first-order chi connectivity index (χ1) is 15.2. The fraction of sp³-hybridized carbons (Fsp3) is 0.0870. The molecule has 0 fully saturated rings. The smallest absolute Gasteiger partial charge is 0.255 e. The van der Waals surface area contributed by atoms with Crippen LogP contribution in [0.2, 0.25) is 0 Å². The highest BCUT2D eigenvalue weighted by Gasteiger charge is 2.12. The number of hydrogen-bond acceptors (Lipinski definition) is 6. The van der Waals surface area contributed by atoms with E-state index in [1.54, 1.807) is 48.5 Å². The number of fused-ring (bicyclic) bond motifs is 3. The Kier molecular flexibility index (Phi) is 4.41. The first-order valence-electron chi connectivity index (χ1n) is 9.53. The summed E-state index contributed by atoms with van der Waals surface area (Å²) in [5, 5.41) is 9.20. The van der Waals surface area contributed by atoms with Crippen LogP contribution in [-0.2, 0) is 6.54 Å². The number of aromatic nitrogens is 5. The Bertz CT molecular complexity index is 1530. The van der Waals surface area contributed by atoms with Crippen LogP contribution >= 0.6 is 0 Å². The third-order valence-electron chi connectivity index (χ3n) is 5.06. The van der Waals surface area contributed by atoms with E-state index in [1.165, 1.54) is 6.07 Å². The van der Waals surface area contributed by atoms with Crippen molar-refractivity contribution >= 4 is 16.8 Å². The van der Waals surface area contributed by atoms with Gasteiger partial charge in [-0.05, 0) is 29.8 Å². The minimum absolute atomic E-state index is 0.158. The SMILES string of the molecule is COc1cnc(-c2cccc(Cn3c(=O)ccn4c5cc(C#N)ccc5nc34)c2)nc1. The van der Waals surface area contributed by atoms with E-state index in [1.807, 2.05) is 28.7 Å². The van der Waals surface area contributed by atoms with Gasteiger partial charge in [0.05, 0.1) is 48.7 Å². The molecule has 0 aliphatic carbocycles. The van der Waals surface area contributed by atoms with Crippen LogP contribution in [-0.4, -0.2) is 31.0 Å². The number of nitriles is 1. The van der Waals surface area contributed by atoms with Crippen molar-refractivity contribution in [2.24, 2.45) is 0 Å². The Morgan fingerprint density at radius 1 is 1.10 bits per heavy atom. The molecule has 5 aromatic rings. The topological polar surface area (TPSA) is 98.1 Å². The summed E-state index contributed by atoms with van der Waals surface area (Å²) in [6, 6.07) is 16.6. The zero-order valence-electron chi connectivity index (χ0n) is 16.6. The Morgan fingerprint density at radius 3 is 2.71 bits per heavy atom. The van der Waals surface area contributed by atoms with Gasteiger partial charge in [0.2, 0.25) is 5.78 Å². The molecular weight excluding hydrogens is 392 g/mol. The molecule has 0 saturated carbocycles. The van der Waals surface area contributed by atoms with Gasteiger partial charge in [0, 0.05) is 17.8 Å². The highest BCUT2D eigenvalue weighted by Crippen LogP contribution is 2.20. The normalized spacial score (nSPS) is 11.0. The lowest BCUT2D eigenvalue weighted by Crippen LogP contribution is -2.22. The molecule has 0 amide bonds. The van der Waals surface area contributed by atoms with Crippen LogP contribution in [0.15, 0.2) is 71.9 Å². The molecule has 0 aliphatic rings. The molecule has 3 aromatic heterocycles. The number of benzene rings is 2. The zero-order chi connectivity index (χ0) is 21.4. The van der Waals surface area contributed by atoms with Crippen molar-refractivity contribution in [1.29, 1.82) is 5.26 Å². The minimum atomic E-state index is -0.158. The van der Waals surface area contributed by atoms with Crippen LogP contribution < -0.4 is 10.3 Å². The maximum Gasteiger partial charge on any atom is 0.255 e. The van der Waals surface area contributed by atoms with E-state index in [-0.39, 0.29) is 5.56 Å². The van der Waals surface area contributed by atoms with Crippen LogP contribution in [0.1, 0.15) is 11.1 Å². The van der Waals surface area contributed by atoms with Crippen molar-refractivity contribution in [3.05, 3.63) is 88.6 Å². The summed E-state index contributed by atoms with van der Waals surface area (Å²) < 4.78 is 8.55. The van der Waals surface area contributed by atoms with Gasteiger partial charge < -0.3 is 4.74 Å². The summed E-state index contributed by atoms with van der Waals surface area (Å²) in [5.41, 5.74) is 3.64. The zero-order valence-corrected chi connectivity index (χ0v) is 16.6. The van der Waals surface area contributed by atoms with E-state index in [0.29, 0.717) is 29.5 Å². The van der Waals surface area contributed by atoms with Crippen molar-refractivity contribution in [2.75, 3.05) is 7.11 Å². The van der Waals surface area contributed by atoms with Crippen LogP contribution in [0.25, 0.3) is 28.2 Å². The Hall–Kier alpha value is -4.51. The third-order valence-corrected chi connectivity index (χ3v) is 5.06. The largest absolute Gasteiger partial charge is 0.494 e. The summed E-state index contributed by atoms with van der Waals surface area (Å²) in [6.07, 6.45) is 4.92. The number of nitrogens with zero attached hydrogens (tertiary/aromatic N) is 6. The standard InChI is InChI=1S/C23H16N6O2/c1-31-18-12-25-22(26-13-18)17-4-2-3-16(9-17)14-29-21(30)7-8-28-20-10-15(11-24)5-6-19(20)27-23(28)29/h2-10,12-13H,14H2,1H3. The van der Waals surface area contributed by atoms with Crippen LogP contribution in [0.5, 0.6) is 5.75 Å². The van der Waals surface area contributed by atoms with Crippen LogP contribution in [0.3, 0.4) is 0 Å². The highest BCUT2D eigenvalue weighted by atomic mass is 16.5. The maximum atomic E-state index is 12.7. The average Bonchev–Trinajstić information content (AvgIpc) is 3.19. The van der Waals surface area contributed by atoms with Gasteiger partial charge in [0.25, 0.3) is 5.56 Å². The maximum absolute atomic E-state index is 12.7. The molecule has 2 aromatic carbocycles.